The third-order valence-corrected chi connectivity index (χ3v) is 7.12. The Morgan fingerprint density at radius 1 is 1.09 bits per heavy atom. The molecule has 11 nitrogen and oxygen atoms in total. The molecule has 1 aliphatic heterocycles. The fourth-order valence-electron chi connectivity index (χ4n) is 5.43. The second-order valence-electron chi connectivity index (χ2n) is 9.53. The van der Waals surface area contributed by atoms with Gasteiger partial charge < -0.3 is 24.7 Å². The number of anilines is 1. The Morgan fingerprint density at radius 2 is 1.97 bits per heavy atom. The molecule has 32 heavy (non-hydrogen) atoms. The van der Waals surface area contributed by atoms with E-state index in [9.17, 15) is 10.2 Å². The van der Waals surface area contributed by atoms with Gasteiger partial charge in [0.1, 0.15) is 18.5 Å². The molecule has 3 aliphatic rings. The quantitative estimate of drug-likeness (QED) is 0.537. The number of rotatable bonds is 5. The molecule has 0 radical (unpaired) electrons. The lowest BCUT2D eigenvalue weighted by molar-refractivity contribution is -0.0440. The van der Waals surface area contributed by atoms with Crippen LogP contribution in [0.5, 0.6) is 0 Å². The normalized spacial score (nSPS) is 34.2. The van der Waals surface area contributed by atoms with E-state index in [1.165, 1.54) is 25.6 Å². The number of nitrogens with one attached hydrogen (secondary N) is 1. The van der Waals surface area contributed by atoms with Gasteiger partial charge in [-0.05, 0) is 31.1 Å². The van der Waals surface area contributed by atoms with Crippen LogP contribution in [0.25, 0.3) is 11.2 Å². The van der Waals surface area contributed by atoms with Crippen LogP contribution in [0.15, 0.2) is 17.1 Å². The smallest absolute Gasteiger partial charge is 0.248 e. The predicted molar refractivity (Wildman–Crippen MR) is 111 cm³/mol. The minimum atomic E-state index is -1.23. The van der Waals surface area contributed by atoms with Crippen molar-refractivity contribution in [3.05, 3.63) is 24.4 Å². The molecule has 3 N–H and O–H groups in total. The van der Waals surface area contributed by atoms with Gasteiger partial charge in [0.05, 0.1) is 6.33 Å². The monoisotopic (exact) mass is 441 g/mol. The van der Waals surface area contributed by atoms with Gasteiger partial charge in [0.15, 0.2) is 29.3 Å². The van der Waals surface area contributed by atoms with Gasteiger partial charge in [0.25, 0.3) is 0 Å². The van der Waals surface area contributed by atoms with Gasteiger partial charge in [-0.1, -0.05) is 20.3 Å². The highest BCUT2D eigenvalue weighted by molar-refractivity contribution is 5.82. The lowest BCUT2D eigenvalue weighted by Gasteiger charge is -2.23. The molecule has 2 bridgehead atoms. The SMILES string of the molecule is CC(C)c1nnc([C@H]2O[C@@H](n3cnc4c(N[C@@H]5C[C@@H]6CC[C@H]5C6)ncnc43)[C@H](O)[C@@H]2O)o1. The van der Waals surface area contributed by atoms with Crippen LogP contribution in [-0.4, -0.2) is 58.2 Å². The highest BCUT2D eigenvalue weighted by atomic mass is 16.6. The first-order chi connectivity index (χ1) is 15.5. The number of hydrogen-bond donors (Lipinski definition) is 3. The van der Waals surface area contributed by atoms with Crippen molar-refractivity contribution >= 4 is 17.0 Å². The molecule has 4 heterocycles. The van der Waals surface area contributed by atoms with Crippen molar-refractivity contribution in [2.75, 3.05) is 5.32 Å². The summed E-state index contributed by atoms with van der Waals surface area (Å²) in [4.78, 5) is 13.3. The Kier molecular flexibility index (Phi) is 4.67. The van der Waals surface area contributed by atoms with E-state index in [1.807, 2.05) is 13.8 Å². The molecule has 2 saturated carbocycles. The number of aromatic nitrogens is 6. The van der Waals surface area contributed by atoms with E-state index in [1.54, 1.807) is 10.9 Å². The highest BCUT2D eigenvalue weighted by Crippen LogP contribution is 2.46. The van der Waals surface area contributed by atoms with Crippen molar-refractivity contribution < 1.29 is 19.4 Å². The predicted octanol–water partition coefficient (Wildman–Crippen LogP) is 1.93. The van der Waals surface area contributed by atoms with Crippen molar-refractivity contribution in [3.8, 4) is 0 Å². The largest absolute Gasteiger partial charge is 0.422 e. The van der Waals surface area contributed by atoms with E-state index < -0.39 is 24.5 Å². The van der Waals surface area contributed by atoms with Crippen LogP contribution >= 0.6 is 0 Å². The van der Waals surface area contributed by atoms with Gasteiger partial charge in [0.2, 0.25) is 11.8 Å². The first kappa shape index (κ1) is 20.0. The van der Waals surface area contributed by atoms with Crippen LogP contribution in [0.1, 0.15) is 69.6 Å². The third kappa shape index (κ3) is 3.10. The van der Waals surface area contributed by atoms with Crippen LogP contribution < -0.4 is 5.32 Å². The summed E-state index contributed by atoms with van der Waals surface area (Å²) in [7, 11) is 0. The number of ether oxygens (including phenoxy) is 1. The summed E-state index contributed by atoms with van der Waals surface area (Å²) < 4.78 is 13.2. The Balaban J connectivity index is 1.27. The zero-order chi connectivity index (χ0) is 22.0. The van der Waals surface area contributed by atoms with E-state index >= 15 is 0 Å². The van der Waals surface area contributed by atoms with Crippen LogP contribution in [0.4, 0.5) is 5.82 Å². The Labute approximate surface area is 184 Å². The van der Waals surface area contributed by atoms with Crippen LogP contribution in [0.2, 0.25) is 0 Å². The average Bonchev–Trinajstić information content (AvgIpc) is 3.58. The van der Waals surface area contributed by atoms with Crippen LogP contribution in [-0.2, 0) is 4.74 Å². The fourth-order valence-corrected chi connectivity index (χ4v) is 5.43. The second-order valence-corrected chi connectivity index (χ2v) is 9.53. The second kappa shape index (κ2) is 7.46. The Morgan fingerprint density at radius 3 is 2.69 bits per heavy atom. The van der Waals surface area contributed by atoms with Crippen molar-refractivity contribution in [2.45, 2.75) is 76.0 Å². The summed E-state index contributed by atoms with van der Waals surface area (Å²) in [6.45, 7) is 3.86. The molecule has 0 aromatic carbocycles. The van der Waals surface area contributed by atoms with Gasteiger partial charge in [-0.25, -0.2) is 15.0 Å². The highest BCUT2D eigenvalue weighted by Gasteiger charge is 2.48. The van der Waals surface area contributed by atoms with Gasteiger partial charge in [0, 0.05) is 12.0 Å². The summed E-state index contributed by atoms with van der Waals surface area (Å²) in [5.41, 5.74) is 1.14. The summed E-state index contributed by atoms with van der Waals surface area (Å²) >= 11 is 0. The van der Waals surface area contributed by atoms with Crippen molar-refractivity contribution in [3.63, 3.8) is 0 Å². The van der Waals surface area contributed by atoms with Crippen molar-refractivity contribution in [1.29, 1.82) is 0 Å². The van der Waals surface area contributed by atoms with E-state index in [-0.39, 0.29) is 11.8 Å². The molecule has 0 amide bonds. The zero-order valence-electron chi connectivity index (χ0n) is 18.0. The number of hydrogen-bond acceptors (Lipinski definition) is 10. The molecule has 2 aliphatic carbocycles. The molecular formula is C21H27N7O4. The summed E-state index contributed by atoms with van der Waals surface area (Å²) in [5, 5.41) is 32.9. The molecule has 3 aromatic heterocycles. The molecule has 11 heteroatoms. The number of aliphatic hydroxyl groups excluding tert-OH is 2. The molecule has 6 rings (SSSR count). The molecule has 0 unspecified atom stereocenters. The van der Waals surface area contributed by atoms with E-state index in [0.29, 0.717) is 34.8 Å². The standard InChI is InChI=1S/C21H27N7O4/c1-9(2)19-26-27-20(32-19)16-14(29)15(30)21(31-16)28-8-24-13-17(22-7-23-18(13)28)25-12-6-10-3-4-11(12)5-10/h7-12,14-16,21,29-30H,3-6H2,1-2H3,(H,22,23,25)/t10-,11+,12-,14+,15-,16+,21-/m1/s1. The van der Waals surface area contributed by atoms with Gasteiger partial charge in [-0.2, -0.15) is 0 Å². The first-order valence-electron chi connectivity index (χ1n) is 11.3. The van der Waals surface area contributed by atoms with Crippen molar-refractivity contribution in [1.82, 2.24) is 29.7 Å². The topological polar surface area (TPSA) is 144 Å². The Bertz CT molecular complexity index is 1130. The molecule has 3 aromatic rings. The summed E-state index contributed by atoms with van der Waals surface area (Å²) in [5.74, 6) is 2.83. The number of fused-ring (bicyclic) bond motifs is 3. The summed E-state index contributed by atoms with van der Waals surface area (Å²) in [6, 6.07) is 0.407. The summed E-state index contributed by atoms with van der Waals surface area (Å²) in [6.07, 6.45) is 3.79. The zero-order valence-corrected chi connectivity index (χ0v) is 18.0. The van der Waals surface area contributed by atoms with Crippen LogP contribution in [0.3, 0.4) is 0 Å². The lowest BCUT2D eigenvalue weighted by Crippen LogP contribution is -2.29. The number of imidazole rings is 1. The molecule has 170 valence electrons. The minimum absolute atomic E-state index is 0.0470. The van der Waals surface area contributed by atoms with Gasteiger partial charge in [-0.15, -0.1) is 10.2 Å². The van der Waals surface area contributed by atoms with E-state index in [0.717, 1.165) is 12.3 Å². The van der Waals surface area contributed by atoms with Crippen molar-refractivity contribution in [2.24, 2.45) is 11.8 Å². The average molecular weight is 441 g/mol. The molecular weight excluding hydrogens is 414 g/mol. The number of nitrogens with zero attached hydrogens (tertiary/aromatic N) is 6. The molecule has 0 spiro atoms. The lowest BCUT2D eigenvalue weighted by atomic mass is 9.95. The van der Waals surface area contributed by atoms with E-state index in [4.69, 9.17) is 9.15 Å². The molecule has 1 saturated heterocycles. The number of aliphatic hydroxyl groups is 2. The maximum atomic E-state index is 10.7. The van der Waals surface area contributed by atoms with Gasteiger partial charge in [-0.3, -0.25) is 4.57 Å². The fraction of sp³-hybridized carbons (Fsp3) is 0.667. The van der Waals surface area contributed by atoms with Gasteiger partial charge >= 0.3 is 0 Å². The third-order valence-electron chi connectivity index (χ3n) is 7.12. The van der Waals surface area contributed by atoms with E-state index in [2.05, 4.69) is 30.5 Å². The minimum Gasteiger partial charge on any atom is -0.422 e. The molecule has 3 fully saturated rings. The molecule has 7 atom stereocenters. The maximum Gasteiger partial charge on any atom is 0.248 e. The maximum absolute atomic E-state index is 10.7. The first-order valence-corrected chi connectivity index (χ1v) is 11.3. The van der Waals surface area contributed by atoms with Crippen LogP contribution in [0, 0.1) is 11.8 Å². The Hall–Kier alpha value is -2.63.